The van der Waals surface area contributed by atoms with E-state index in [1.807, 2.05) is 31.7 Å². The first-order chi connectivity index (χ1) is 10.7. The highest BCUT2D eigenvalue weighted by molar-refractivity contribution is 5.97. The SMILES string of the molecule is CC(C)(C)OC(=O)N1CCN2C(=O)c3ccc(N)cc3CC2C1. The van der Waals surface area contributed by atoms with Crippen LogP contribution in [0.4, 0.5) is 10.5 Å². The van der Waals surface area contributed by atoms with Crippen LogP contribution in [0.1, 0.15) is 36.7 Å². The number of benzene rings is 1. The number of anilines is 1. The molecule has 1 fully saturated rings. The molecule has 1 unspecified atom stereocenters. The van der Waals surface area contributed by atoms with Gasteiger partial charge in [-0.25, -0.2) is 4.79 Å². The number of ether oxygens (including phenoxy) is 1. The maximum atomic E-state index is 12.6. The van der Waals surface area contributed by atoms with Crippen molar-refractivity contribution in [3.05, 3.63) is 29.3 Å². The zero-order valence-corrected chi connectivity index (χ0v) is 13.8. The highest BCUT2D eigenvalue weighted by atomic mass is 16.6. The predicted molar refractivity (Wildman–Crippen MR) is 87.2 cm³/mol. The van der Waals surface area contributed by atoms with E-state index in [4.69, 9.17) is 10.5 Å². The number of nitrogens with zero attached hydrogens (tertiary/aromatic N) is 2. The fourth-order valence-electron chi connectivity index (χ4n) is 3.19. The summed E-state index contributed by atoms with van der Waals surface area (Å²) in [6.07, 6.45) is 0.397. The van der Waals surface area contributed by atoms with Gasteiger partial charge in [-0.3, -0.25) is 4.79 Å². The van der Waals surface area contributed by atoms with E-state index in [0.29, 0.717) is 31.7 Å². The third-order valence-electron chi connectivity index (χ3n) is 4.21. The number of piperazine rings is 1. The quantitative estimate of drug-likeness (QED) is 0.741. The Morgan fingerprint density at radius 3 is 2.74 bits per heavy atom. The number of hydrogen-bond acceptors (Lipinski definition) is 4. The van der Waals surface area contributed by atoms with Gasteiger partial charge in [-0.1, -0.05) is 0 Å². The highest BCUT2D eigenvalue weighted by Crippen LogP contribution is 2.28. The predicted octanol–water partition coefficient (Wildman–Crippen LogP) is 1.89. The molecule has 124 valence electrons. The molecule has 1 aromatic carbocycles. The number of hydrogen-bond donors (Lipinski definition) is 1. The number of amides is 2. The van der Waals surface area contributed by atoms with E-state index in [1.165, 1.54) is 0 Å². The van der Waals surface area contributed by atoms with Crippen molar-refractivity contribution in [1.29, 1.82) is 0 Å². The van der Waals surface area contributed by atoms with Crippen LogP contribution < -0.4 is 5.73 Å². The third kappa shape index (κ3) is 3.11. The van der Waals surface area contributed by atoms with Gasteiger partial charge in [0.25, 0.3) is 5.91 Å². The molecular weight excluding hydrogens is 294 g/mol. The van der Waals surface area contributed by atoms with Gasteiger partial charge >= 0.3 is 6.09 Å². The minimum atomic E-state index is -0.516. The molecule has 0 saturated carbocycles. The molecule has 1 aromatic rings. The van der Waals surface area contributed by atoms with Crippen LogP contribution in [-0.4, -0.2) is 53.1 Å². The number of nitrogens with two attached hydrogens (primary N) is 1. The van der Waals surface area contributed by atoms with Gasteiger partial charge in [0.2, 0.25) is 0 Å². The average molecular weight is 317 g/mol. The van der Waals surface area contributed by atoms with E-state index >= 15 is 0 Å². The van der Waals surface area contributed by atoms with Gasteiger partial charge in [0.15, 0.2) is 0 Å². The minimum absolute atomic E-state index is 0.0157. The molecule has 2 aliphatic heterocycles. The lowest BCUT2D eigenvalue weighted by Crippen LogP contribution is -2.59. The van der Waals surface area contributed by atoms with Crippen molar-refractivity contribution in [1.82, 2.24) is 9.80 Å². The Balaban J connectivity index is 1.77. The Kier molecular flexibility index (Phi) is 3.70. The van der Waals surface area contributed by atoms with E-state index in [-0.39, 0.29) is 18.0 Å². The summed E-state index contributed by atoms with van der Waals surface area (Å²) in [5.74, 6) is 0.0279. The lowest BCUT2D eigenvalue weighted by Gasteiger charge is -2.44. The normalized spacial score (nSPS) is 20.8. The third-order valence-corrected chi connectivity index (χ3v) is 4.21. The lowest BCUT2D eigenvalue weighted by atomic mass is 9.91. The average Bonchev–Trinajstić information content (AvgIpc) is 2.44. The Hall–Kier alpha value is -2.24. The summed E-state index contributed by atoms with van der Waals surface area (Å²) in [6, 6.07) is 5.40. The zero-order valence-electron chi connectivity index (χ0n) is 13.8. The Morgan fingerprint density at radius 2 is 2.04 bits per heavy atom. The molecular formula is C17H23N3O3. The zero-order chi connectivity index (χ0) is 16.8. The molecule has 2 amide bonds. The minimum Gasteiger partial charge on any atom is -0.444 e. The molecule has 2 aliphatic rings. The van der Waals surface area contributed by atoms with Crippen molar-refractivity contribution in [3.8, 4) is 0 Å². The second-order valence-electron chi connectivity index (χ2n) is 7.20. The molecule has 0 aliphatic carbocycles. The summed E-state index contributed by atoms with van der Waals surface area (Å²) in [6.45, 7) is 7.09. The largest absolute Gasteiger partial charge is 0.444 e. The van der Waals surface area contributed by atoms with Crippen molar-refractivity contribution < 1.29 is 14.3 Å². The van der Waals surface area contributed by atoms with Crippen molar-refractivity contribution in [2.24, 2.45) is 0 Å². The molecule has 6 nitrogen and oxygen atoms in total. The molecule has 1 atom stereocenters. The Bertz CT molecular complexity index is 651. The number of carbonyl (C=O) groups excluding carboxylic acids is 2. The van der Waals surface area contributed by atoms with Gasteiger partial charge in [0.1, 0.15) is 5.60 Å². The van der Waals surface area contributed by atoms with Gasteiger partial charge in [0, 0.05) is 30.9 Å². The molecule has 0 bridgehead atoms. The summed E-state index contributed by atoms with van der Waals surface area (Å²) in [5.41, 5.74) is 7.66. The summed E-state index contributed by atoms with van der Waals surface area (Å²) >= 11 is 0. The Labute approximate surface area is 136 Å². The van der Waals surface area contributed by atoms with Gasteiger partial charge in [0.05, 0.1) is 6.04 Å². The second kappa shape index (κ2) is 5.44. The van der Waals surface area contributed by atoms with Crippen LogP contribution in [0.25, 0.3) is 0 Å². The van der Waals surface area contributed by atoms with Crippen molar-refractivity contribution in [3.63, 3.8) is 0 Å². The first-order valence-electron chi connectivity index (χ1n) is 7.92. The maximum Gasteiger partial charge on any atom is 0.410 e. The summed E-state index contributed by atoms with van der Waals surface area (Å²) < 4.78 is 5.44. The molecule has 0 spiro atoms. The van der Waals surface area contributed by atoms with Crippen LogP contribution in [-0.2, 0) is 11.2 Å². The van der Waals surface area contributed by atoms with Gasteiger partial charge in [-0.2, -0.15) is 0 Å². The van der Waals surface area contributed by atoms with Crippen LogP contribution in [0.15, 0.2) is 18.2 Å². The van der Waals surface area contributed by atoms with Crippen molar-refractivity contribution >= 4 is 17.7 Å². The number of fused-ring (bicyclic) bond motifs is 2. The smallest absolute Gasteiger partial charge is 0.410 e. The van der Waals surface area contributed by atoms with Gasteiger partial charge < -0.3 is 20.3 Å². The molecule has 2 heterocycles. The van der Waals surface area contributed by atoms with Crippen LogP contribution in [0.2, 0.25) is 0 Å². The van der Waals surface area contributed by atoms with E-state index in [9.17, 15) is 9.59 Å². The van der Waals surface area contributed by atoms with Crippen LogP contribution in [0.5, 0.6) is 0 Å². The van der Waals surface area contributed by atoms with E-state index in [2.05, 4.69) is 0 Å². The van der Waals surface area contributed by atoms with E-state index in [0.717, 1.165) is 11.1 Å². The Morgan fingerprint density at radius 1 is 1.30 bits per heavy atom. The summed E-state index contributed by atoms with van der Waals surface area (Å²) in [5, 5.41) is 0. The highest BCUT2D eigenvalue weighted by Gasteiger charge is 2.38. The molecule has 6 heteroatoms. The van der Waals surface area contributed by atoms with Crippen molar-refractivity contribution in [2.75, 3.05) is 25.4 Å². The molecule has 23 heavy (non-hydrogen) atoms. The topological polar surface area (TPSA) is 75.9 Å². The molecule has 0 radical (unpaired) electrons. The van der Waals surface area contributed by atoms with Gasteiger partial charge in [-0.05, 0) is 51.0 Å². The number of carbonyl (C=O) groups is 2. The van der Waals surface area contributed by atoms with Gasteiger partial charge in [-0.15, -0.1) is 0 Å². The standard InChI is InChI=1S/C17H23N3O3/c1-17(2,3)23-16(22)19-6-7-20-13(10-19)9-11-8-12(18)4-5-14(11)15(20)21/h4-5,8,13H,6-7,9-10,18H2,1-3H3. The van der Waals surface area contributed by atoms with Crippen LogP contribution in [0, 0.1) is 0 Å². The maximum absolute atomic E-state index is 12.6. The van der Waals surface area contributed by atoms with E-state index < -0.39 is 5.60 Å². The first kappa shape index (κ1) is 15.6. The number of rotatable bonds is 0. The summed E-state index contributed by atoms with van der Waals surface area (Å²) in [4.78, 5) is 28.4. The van der Waals surface area contributed by atoms with Crippen LogP contribution in [0.3, 0.4) is 0 Å². The molecule has 1 saturated heterocycles. The van der Waals surface area contributed by atoms with Crippen LogP contribution >= 0.6 is 0 Å². The first-order valence-corrected chi connectivity index (χ1v) is 7.92. The fraction of sp³-hybridized carbons (Fsp3) is 0.529. The molecule has 3 rings (SSSR count). The second-order valence-corrected chi connectivity index (χ2v) is 7.20. The van der Waals surface area contributed by atoms with E-state index in [1.54, 1.807) is 17.0 Å². The lowest BCUT2D eigenvalue weighted by molar-refractivity contribution is 0.00310. The fourth-order valence-corrected chi connectivity index (χ4v) is 3.19. The number of nitrogen functional groups attached to an aromatic ring is 1. The monoisotopic (exact) mass is 317 g/mol. The summed E-state index contributed by atoms with van der Waals surface area (Å²) in [7, 11) is 0. The van der Waals surface area contributed by atoms with Crippen molar-refractivity contribution in [2.45, 2.75) is 38.8 Å². The molecule has 2 N–H and O–H groups in total. The molecule has 0 aromatic heterocycles.